The van der Waals surface area contributed by atoms with Crippen LogP contribution in [0.25, 0.3) is 0 Å². The summed E-state index contributed by atoms with van der Waals surface area (Å²) in [6.45, 7) is 5.09. The van der Waals surface area contributed by atoms with Gasteiger partial charge in [0.05, 0.1) is 19.3 Å². The van der Waals surface area contributed by atoms with Crippen molar-refractivity contribution in [3.05, 3.63) is 23.8 Å². The largest absolute Gasteiger partial charge is 0.493 e. The molecule has 0 atom stereocenters. The van der Waals surface area contributed by atoms with Crippen molar-refractivity contribution in [1.29, 1.82) is 0 Å². The fourth-order valence-corrected chi connectivity index (χ4v) is 2.46. The van der Waals surface area contributed by atoms with Crippen LogP contribution in [0.15, 0.2) is 18.2 Å². The molecule has 1 saturated heterocycles. The first-order valence-electron chi connectivity index (χ1n) is 7.47. The molecule has 0 saturated carbocycles. The van der Waals surface area contributed by atoms with Crippen LogP contribution in [0.1, 0.15) is 25.3 Å². The molecule has 2 N–H and O–H groups in total. The first kappa shape index (κ1) is 16.1. The number of aliphatic hydroxyl groups is 1. The Balaban J connectivity index is 1.88. The number of benzene rings is 1. The molecule has 0 aromatic heterocycles. The third-order valence-electron chi connectivity index (χ3n) is 3.73. The van der Waals surface area contributed by atoms with Crippen LogP contribution < -0.4 is 14.8 Å². The van der Waals surface area contributed by atoms with Crippen molar-refractivity contribution in [1.82, 2.24) is 5.32 Å². The van der Waals surface area contributed by atoms with Gasteiger partial charge in [-0.2, -0.15) is 0 Å². The minimum atomic E-state index is -0.645. The maximum absolute atomic E-state index is 10.4. The zero-order valence-electron chi connectivity index (χ0n) is 12.9. The van der Waals surface area contributed by atoms with E-state index in [0.717, 1.165) is 17.1 Å². The molecular weight excluding hydrogens is 270 g/mol. The van der Waals surface area contributed by atoms with Gasteiger partial charge in [-0.1, -0.05) is 6.07 Å². The zero-order valence-corrected chi connectivity index (χ0v) is 12.9. The fraction of sp³-hybridized carbons (Fsp3) is 0.625. The second-order valence-electron chi connectivity index (χ2n) is 5.36. The molecule has 0 bridgehead atoms. The molecule has 1 aromatic rings. The van der Waals surface area contributed by atoms with Gasteiger partial charge in [0.25, 0.3) is 0 Å². The van der Waals surface area contributed by atoms with Gasteiger partial charge in [-0.3, -0.25) is 0 Å². The average molecular weight is 295 g/mol. The third kappa shape index (κ3) is 4.59. The van der Waals surface area contributed by atoms with Crippen molar-refractivity contribution < 1.29 is 19.3 Å². The highest BCUT2D eigenvalue weighted by Crippen LogP contribution is 2.28. The summed E-state index contributed by atoms with van der Waals surface area (Å²) in [7, 11) is 1.64. The maximum atomic E-state index is 10.4. The Morgan fingerprint density at radius 2 is 2.05 bits per heavy atom. The molecule has 118 valence electrons. The van der Waals surface area contributed by atoms with Crippen molar-refractivity contribution in [2.24, 2.45) is 0 Å². The second kappa shape index (κ2) is 7.64. The van der Waals surface area contributed by atoms with Crippen molar-refractivity contribution in [3.8, 4) is 11.5 Å². The lowest BCUT2D eigenvalue weighted by molar-refractivity contribution is -0.0617. The van der Waals surface area contributed by atoms with Crippen LogP contribution >= 0.6 is 0 Å². The van der Waals surface area contributed by atoms with Gasteiger partial charge < -0.3 is 24.6 Å². The summed E-state index contributed by atoms with van der Waals surface area (Å²) in [5, 5.41) is 13.7. The van der Waals surface area contributed by atoms with E-state index < -0.39 is 5.60 Å². The number of methoxy groups -OCH3 is 1. The van der Waals surface area contributed by atoms with E-state index in [4.69, 9.17) is 14.2 Å². The standard InChI is InChI=1S/C16H25NO4/c1-3-21-14-5-4-13(10-15(14)19-2)11-17-12-16(18)6-8-20-9-7-16/h4-5,10,17-18H,3,6-9,11-12H2,1-2H3. The summed E-state index contributed by atoms with van der Waals surface area (Å²) in [4.78, 5) is 0. The van der Waals surface area contributed by atoms with Gasteiger partial charge in [-0.05, 0) is 24.6 Å². The summed E-state index contributed by atoms with van der Waals surface area (Å²) in [6.07, 6.45) is 1.37. The summed E-state index contributed by atoms with van der Waals surface area (Å²) >= 11 is 0. The third-order valence-corrected chi connectivity index (χ3v) is 3.73. The Labute approximate surface area is 126 Å². The molecule has 1 aliphatic rings. The second-order valence-corrected chi connectivity index (χ2v) is 5.36. The minimum absolute atomic E-state index is 0.575. The van der Waals surface area contributed by atoms with Crippen molar-refractivity contribution in [3.63, 3.8) is 0 Å². The number of ether oxygens (including phenoxy) is 3. The summed E-state index contributed by atoms with van der Waals surface area (Å²) in [5.74, 6) is 1.49. The molecule has 0 radical (unpaired) electrons. The molecule has 1 aromatic carbocycles. The monoisotopic (exact) mass is 295 g/mol. The van der Waals surface area contributed by atoms with Gasteiger partial charge in [0.15, 0.2) is 11.5 Å². The van der Waals surface area contributed by atoms with E-state index in [-0.39, 0.29) is 0 Å². The molecule has 1 heterocycles. The van der Waals surface area contributed by atoms with Crippen LogP contribution in [0.4, 0.5) is 0 Å². The van der Waals surface area contributed by atoms with E-state index in [1.807, 2.05) is 25.1 Å². The Bertz CT molecular complexity index is 444. The van der Waals surface area contributed by atoms with Crippen LogP contribution in [0.3, 0.4) is 0 Å². The van der Waals surface area contributed by atoms with E-state index in [1.165, 1.54) is 0 Å². The highest BCUT2D eigenvalue weighted by molar-refractivity contribution is 5.42. The van der Waals surface area contributed by atoms with E-state index in [2.05, 4.69) is 5.32 Å². The molecule has 2 rings (SSSR count). The predicted molar refractivity (Wildman–Crippen MR) is 80.9 cm³/mol. The molecule has 0 amide bonds. The van der Waals surface area contributed by atoms with Crippen LogP contribution in [-0.4, -0.2) is 44.2 Å². The van der Waals surface area contributed by atoms with Gasteiger partial charge >= 0.3 is 0 Å². The molecular formula is C16H25NO4. The van der Waals surface area contributed by atoms with Gasteiger partial charge in [0.1, 0.15) is 0 Å². The molecule has 0 unspecified atom stereocenters. The first-order valence-corrected chi connectivity index (χ1v) is 7.47. The summed E-state index contributed by atoms with van der Waals surface area (Å²) in [6, 6.07) is 5.89. The minimum Gasteiger partial charge on any atom is -0.493 e. The summed E-state index contributed by atoms with van der Waals surface area (Å²) in [5.41, 5.74) is 0.458. The lowest BCUT2D eigenvalue weighted by atomic mass is 9.94. The maximum Gasteiger partial charge on any atom is 0.161 e. The van der Waals surface area contributed by atoms with Crippen molar-refractivity contribution in [2.75, 3.05) is 33.5 Å². The van der Waals surface area contributed by atoms with Gasteiger partial charge in [-0.25, -0.2) is 0 Å². The number of rotatable bonds is 7. The van der Waals surface area contributed by atoms with Crippen LogP contribution in [0, 0.1) is 0 Å². The number of nitrogens with one attached hydrogen (secondary N) is 1. The SMILES string of the molecule is CCOc1ccc(CNCC2(O)CCOCC2)cc1OC. The van der Waals surface area contributed by atoms with E-state index in [1.54, 1.807) is 7.11 Å². The Morgan fingerprint density at radius 1 is 1.29 bits per heavy atom. The van der Waals surface area contributed by atoms with E-state index >= 15 is 0 Å². The predicted octanol–water partition coefficient (Wildman–Crippen LogP) is 1.72. The number of hydrogen-bond donors (Lipinski definition) is 2. The Kier molecular flexibility index (Phi) is 5.85. The molecule has 5 heteroatoms. The highest BCUT2D eigenvalue weighted by atomic mass is 16.5. The van der Waals surface area contributed by atoms with Gasteiger partial charge in [0.2, 0.25) is 0 Å². The molecule has 0 aliphatic carbocycles. The molecule has 1 aliphatic heterocycles. The Hall–Kier alpha value is -1.30. The highest BCUT2D eigenvalue weighted by Gasteiger charge is 2.29. The molecule has 5 nitrogen and oxygen atoms in total. The number of hydrogen-bond acceptors (Lipinski definition) is 5. The molecule has 21 heavy (non-hydrogen) atoms. The van der Waals surface area contributed by atoms with Crippen LogP contribution in [0.5, 0.6) is 11.5 Å². The van der Waals surface area contributed by atoms with Crippen molar-refractivity contribution in [2.45, 2.75) is 31.9 Å². The average Bonchev–Trinajstić information content (AvgIpc) is 2.49. The topological polar surface area (TPSA) is 60.0 Å². The van der Waals surface area contributed by atoms with Gasteiger partial charge in [-0.15, -0.1) is 0 Å². The zero-order chi connectivity index (χ0) is 15.1. The molecule has 0 spiro atoms. The lowest BCUT2D eigenvalue weighted by Crippen LogP contribution is -2.44. The first-order chi connectivity index (χ1) is 10.2. The van der Waals surface area contributed by atoms with Crippen LogP contribution in [0.2, 0.25) is 0 Å². The Morgan fingerprint density at radius 3 is 2.71 bits per heavy atom. The smallest absolute Gasteiger partial charge is 0.161 e. The quantitative estimate of drug-likeness (QED) is 0.802. The lowest BCUT2D eigenvalue weighted by Gasteiger charge is -2.32. The fourth-order valence-electron chi connectivity index (χ4n) is 2.46. The van der Waals surface area contributed by atoms with Crippen molar-refractivity contribution >= 4 is 0 Å². The van der Waals surface area contributed by atoms with E-state index in [0.29, 0.717) is 45.8 Å². The molecule has 1 fully saturated rings. The van der Waals surface area contributed by atoms with E-state index in [9.17, 15) is 5.11 Å². The van der Waals surface area contributed by atoms with Crippen LogP contribution in [-0.2, 0) is 11.3 Å². The van der Waals surface area contributed by atoms with Gasteiger partial charge in [0, 0.05) is 39.1 Å². The normalized spacial score (nSPS) is 17.5. The summed E-state index contributed by atoms with van der Waals surface area (Å²) < 4.78 is 16.1.